The number of benzene rings is 8. The fourth-order valence-electron chi connectivity index (χ4n) is 8.60. The summed E-state index contributed by atoms with van der Waals surface area (Å²) in [6.07, 6.45) is 5.77. The topological polar surface area (TPSA) is 77.3 Å². The van der Waals surface area contributed by atoms with Gasteiger partial charge in [0.15, 0.2) is 17.5 Å². The lowest BCUT2D eigenvalue weighted by Crippen LogP contribution is -2.00. The summed E-state index contributed by atoms with van der Waals surface area (Å²) in [5, 5.41) is 10.1. The molecule has 0 aliphatic rings. The van der Waals surface area contributed by atoms with Gasteiger partial charge in [-0.05, 0) is 68.4 Å². The van der Waals surface area contributed by atoms with Gasteiger partial charge in [0.2, 0.25) is 0 Å². The Morgan fingerprint density at radius 2 is 0.767 bits per heavy atom. The van der Waals surface area contributed by atoms with Crippen molar-refractivity contribution in [2.24, 2.45) is 0 Å². The van der Waals surface area contributed by atoms with Crippen LogP contribution in [0.1, 0.15) is 0 Å². The maximum absolute atomic E-state index is 5.14. The Labute approximate surface area is 344 Å². The molecule has 6 nitrogen and oxygen atoms in total. The number of hydrogen-bond acceptors (Lipinski definition) is 6. The fourth-order valence-corrected chi connectivity index (χ4v) is 8.60. The first-order valence-electron chi connectivity index (χ1n) is 20.0. The van der Waals surface area contributed by atoms with Crippen molar-refractivity contribution in [1.82, 2.24) is 29.9 Å². The Hall–Kier alpha value is -8.22. The van der Waals surface area contributed by atoms with Crippen molar-refractivity contribution < 1.29 is 0 Å². The van der Waals surface area contributed by atoms with E-state index in [9.17, 15) is 0 Å². The van der Waals surface area contributed by atoms with Gasteiger partial charge in [-0.25, -0.2) is 15.0 Å². The van der Waals surface area contributed by atoms with E-state index in [4.69, 9.17) is 24.9 Å². The van der Waals surface area contributed by atoms with Crippen molar-refractivity contribution in [2.45, 2.75) is 0 Å². The van der Waals surface area contributed by atoms with Crippen molar-refractivity contribution in [2.75, 3.05) is 0 Å². The van der Waals surface area contributed by atoms with E-state index in [1.54, 1.807) is 0 Å². The summed E-state index contributed by atoms with van der Waals surface area (Å²) in [7, 11) is 0. The highest BCUT2D eigenvalue weighted by atomic mass is 15.0. The van der Waals surface area contributed by atoms with Crippen LogP contribution < -0.4 is 0 Å². The van der Waals surface area contributed by atoms with Gasteiger partial charge in [0.05, 0.1) is 16.6 Å². The van der Waals surface area contributed by atoms with Gasteiger partial charge in [0.25, 0.3) is 0 Å². The molecule has 12 rings (SSSR count). The van der Waals surface area contributed by atoms with E-state index < -0.39 is 0 Å². The molecule has 0 spiro atoms. The third kappa shape index (κ3) is 5.73. The highest BCUT2D eigenvalue weighted by molar-refractivity contribution is 6.08. The van der Waals surface area contributed by atoms with E-state index in [1.165, 1.54) is 5.39 Å². The van der Waals surface area contributed by atoms with Crippen LogP contribution in [0, 0.1) is 0 Å². The summed E-state index contributed by atoms with van der Waals surface area (Å²) in [5.74, 6) is 1.85. The molecule has 278 valence electrons. The molecule has 4 aromatic heterocycles. The Kier molecular flexibility index (Phi) is 7.74. The average Bonchev–Trinajstić information content (AvgIpc) is 3.33. The number of nitrogens with zero attached hydrogens (tertiary/aromatic N) is 6. The Morgan fingerprint density at radius 3 is 1.45 bits per heavy atom. The molecular weight excluding hydrogens is 733 g/mol. The maximum Gasteiger partial charge on any atom is 0.164 e. The zero-order valence-corrected chi connectivity index (χ0v) is 32.2. The van der Waals surface area contributed by atoms with E-state index in [1.807, 2.05) is 55.0 Å². The second-order valence-electron chi connectivity index (χ2n) is 15.2. The van der Waals surface area contributed by atoms with Crippen LogP contribution in [0.4, 0.5) is 0 Å². The second kappa shape index (κ2) is 13.7. The van der Waals surface area contributed by atoms with Gasteiger partial charge in [0.1, 0.15) is 0 Å². The van der Waals surface area contributed by atoms with Gasteiger partial charge in [-0.1, -0.05) is 146 Å². The Balaban J connectivity index is 0.943. The minimum Gasteiger partial charge on any atom is -0.255 e. The lowest BCUT2D eigenvalue weighted by atomic mass is 9.96. The van der Waals surface area contributed by atoms with Gasteiger partial charge < -0.3 is 0 Å². The van der Waals surface area contributed by atoms with Gasteiger partial charge in [-0.15, -0.1) is 0 Å². The maximum atomic E-state index is 5.14. The first kappa shape index (κ1) is 33.9. The van der Waals surface area contributed by atoms with Gasteiger partial charge in [-0.3, -0.25) is 15.0 Å². The Morgan fingerprint density at radius 1 is 0.267 bits per heavy atom. The highest BCUT2D eigenvalue weighted by Crippen LogP contribution is 2.36. The zero-order valence-electron chi connectivity index (χ0n) is 32.2. The van der Waals surface area contributed by atoms with Crippen LogP contribution in [0.25, 0.3) is 121 Å². The lowest BCUT2D eigenvalue weighted by molar-refractivity contribution is 1.08. The summed E-state index contributed by atoms with van der Waals surface area (Å²) in [6.45, 7) is 0. The minimum atomic E-state index is 0.613. The molecule has 0 fully saturated rings. The fraction of sp³-hybridized carbons (Fsp3) is 0. The predicted molar refractivity (Wildman–Crippen MR) is 245 cm³/mol. The first-order valence-corrected chi connectivity index (χ1v) is 20.0. The van der Waals surface area contributed by atoms with Gasteiger partial charge in [0, 0.05) is 68.0 Å². The molecule has 6 heteroatoms. The smallest absolute Gasteiger partial charge is 0.164 e. The molecule has 0 N–H and O–H groups in total. The number of pyridine rings is 3. The number of aromatic nitrogens is 6. The molecule has 0 aliphatic carbocycles. The molecule has 0 bridgehead atoms. The number of fused-ring (bicyclic) bond motifs is 8. The van der Waals surface area contributed by atoms with Crippen LogP contribution in [-0.2, 0) is 0 Å². The second-order valence-corrected chi connectivity index (χ2v) is 15.2. The van der Waals surface area contributed by atoms with Crippen molar-refractivity contribution in [3.8, 4) is 56.4 Å². The summed E-state index contributed by atoms with van der Waals surface area (Å²) in [4.78, 5) is 29.7. The van der Waals surface area contributed by atoms with E-state index in [-0.39, 0.29) is 0 Å². The van der Waals surface area contributed by atoms with Crippen molar-refractivity contribution in [3.63, 3.8) is 0 Å². The van der Waals surface area contributed by atoms with Crippen LogP contribution >= 0.6 is 0 Å². The minimum absolute atomic E-state index is 0.613. The largest absolute Gasteiger partial charge is 0.255 e. The molecule has 0 saturated heterocycles. The normalized spacial score (nSPS) is 11.7. The Bertz CT molecular complexity index is 3460. The van der Waals surface area contributed by atoms with Gasteiger partial charge in [-0.2, -0.15) is 0 Å². The van der Waals surface area contributed by atoms with Crippen molar-refractivity contribution in [1.29, 1.82) is 0 Å². The van der Waals surface area contributed by atoms with Crippen molar-refractivity contribution in [3.05, 3.63) is 195 Å². The third-order valence-electron chi connectivity index (χ3n) is 11.6. The average molecular weight is 765 g/mol. The standard InChI is InChI=1S/C54H32N6/c1-2-10-35(11-3-1)52-58-53(40-22-24-46-36(27-40)12-6-16-44(46)42-29-38-20-18-33-9-4-5-15-48(33)49(38)56-31-42)60-54(59-52)41-23-25-47-37(28-41)13-7-17-45(47)43-30-39-21-19-34-14-8-26-55-50(34)51(39)57-32-43/h1-32H. The van der Waals surface area contributed by atoms with E-state index in [2.05, 4.69) is 145 Å². The molecule has 60 heavy (non-hydrogen) atoms. The quantitative estimate of drug-likeness (QED) is 0.162. The summed E-state index contributed by atoms with van der Waals surface area (Å²) < 4.78 is 0. The summed E-state index contributed by atoms with van der Waals surface area (Å²) in [6, 6.07) is 61.3. The predicted octanol–water partition coefficient (Wildman–Crippen LogP) is 13.3. The lowest BCUT2D eigenvalue weighted by Gasteiger charge is -2.12. The molecule has 0 amide bonds. The molecule has 8 aromatic carbocycles. The molecule has 0 saturated carbocycles. The van der Waals surface area contributed by atoms with Crippen LogP contribution in [0.3, 0.4) is 0 Å². The van der Waals surface area contributed by atoms with Gasteiger partial charge >= 0.3 is 0 Å². The SMILES string of the molecule is c1ccc(-c2nc(-c3ccc4c(-c5cnc6c(ccc7ccccc76)c5)cccc4c3)nc(-c3ccc4c(-c5cnc6c(ccc7cccnc76)c5)cccc4c3)n2)cc1. The van der Waals surface area contributed by atoms with E-state index in [0.29, 0.717) is 17.5 Å². The van der Waals surface area contributed by atoms with Crippen LogP contribution in [-0.4, -0.2) is 29.9 Å². The molecule has 0 atom stereocenters. The zero-order chi connectivity index (χ0) is 39.6. The third-order valence-corrected chi connectivity index (χ3v) is 11.6. The van der Waals surface area contributed by atoms with E-state index in [0.717, 1.165) is 98.6 Å². The molecule has 0 unspecified atom stereocenters. The summed E-state index contributed by atoms with van der Waals surface area (Å²) >= 11 is 0. The first-order chi connectivity index (χ1) is 29.7. The monoisotopic (exact) mass is 764 g/mol. The van der Waals surface area contributed by atoms with E-state index >= 15 is 0 Å². The molecule has 0 radical (unpaired) electrons. The highest BCUT2D eigenvalue weighted by Gasteiger charge is 2.16. The summed E-state index contributed by atoms with van der Waals surface area (Å²) in [5.41, 5.74) is 9.95. The molecule has 0 aliphatic heterocycles. The molecule has 12 aromatic rings. The van der Waals surface area contributed by atoms with Crippen molar-refractivity contribution >= 4 is 65.0 Å². The van der Waals surface area contributed by atoms with Crippen LogP contribution in [0.2, 0.25) is 0 Å². The van der Waals surface area contributed by atoms with Crippen LogP contribution in [0.5, 0.6) is 0 Å². The molecular formula is C54H32N6. The number of hydrogen-bond donors (Lipinski definition) is 0. The number of rotatable bonds is 5. The molecule has 4 heterocycles. The van der Waals surface area contributed by atoms with Crippen LogP contribution in [0.15, 0.2) is 195 Å².